The summed E-state index contributed by atoms with van der Waals surface area (Å²) in [7, 11) is 0. The Bertz CT molecular complexity index is 964. The fourth-order valence-electron chi connectivity index (χ4n) is 3.16. The lowest BCUT2D eigenvalue weighted by Gasteiger charge is -2.15. The summed E-state index contributed by atoms with van der Waals surface area (Å²) in [6.07, 6.45) is -0.344. The number of fused-ring (bicyclic) bond motifs is 1. The number of benzene rings is 1. The van der Waals surface area contributed by atoms with Gasteiger partial charge in [0.05, 0.1) is 0 Å². The summed E-state index contributed by atoms with van der Waals surface area (Å²) in [4.78, 5) is 48.1. The van der Waals surface area contributed by atoms with Gasteiger partial charge in [-0.05, 0) is 31.4 Å². The molecular weight excluding hydrogens is 352 g/mol. The summed E-state index contributed by atoms with van der Waals surface area (Å²) in [5, 5.41) is 11.7. The lowest BCUT2D eigenvalue weighted by atomic mass is 10.1. The van der Waals surface area contributed by atoms with E-state index >= 15 is 0 Å². The van der Waals surface area contributed by atoms with E-state index in [1.54, 1.807) is 24.3 Å². The second-order valence-corrected chi connectivity index (χ2v) is 6.23. The minimum absolute atomic E-state index is 0.0102. The van der Waals surface area contributed by atoms with Crippen LogP contribution in [0.3, 0.4) is 0 Å². The van der Waals surface area contributed by atoms with Gasteiger partial charge in [0.15, 0.2) is 5.78 Å². The maximum Gasteiger partial charge on any atom is 0.412 e. The number of hydrogen-bond acceptors (Lipinski definition) is 5. The topological polar surface area (TPSA) is 115 Å². The number of aliphatic carboxylic acids is 1. The number of anilines is 1. The highest BCUT2D eigenvalue weighted by molar-refractivity contribution is 5.97. The monoisotopic (exact) mass is 370 g/mol. The number of pyridine rings is 1. The van der Waals surface area contributed by atoms with E-state index in [1.807, 2.05) is 6.07 Å². The van der Waals surface area contributed by atoms with E-state index in [0.29, 0.717) is 12.1 Å². The predicted molar refractivity (Wildman–Crippen MR) is 96.0 cm³/mol. The number of ketones is 1. The molecule has 0 spiro atoms. The van der Waals surface area contributed by atoms with Crippen LogP contribution in [0.2, 0.25) is 0 Å². The SMILES string of the molecule is CC(=O)c1cc(NC(=O)OCc2ccccc2)c(=O)n2c1CC[C@H]2C(=O)O. The fourth-order valence-corrected chi connectivity index (χ4v) is 3.16. The Morgan fingerprint density at radius 3 is 2.59 bits per heavy atom. The molecule has 27 heavy (non-hydrogen) atoms. The van der Waals surface area contributed by atoms with Gasteiger partial charge in [-0.3, -0.25) is 19.5 Å². The first-order valence-electron chi connectivity index (χ1n) is 8.38. The van der Waals surface area contributed by atoms with Gasteiger partial charge in [-0.1, -0.05) is 30.3 Å². The number of hydrogen-bond donors (Lipinski definition) is 2. The number of carbonyl (C=O) groups is 3. The maximum absolute atomic E-state index is 12.7. The minimum Gasteiger partial charge on any atom is -0.480 e. The zero-order valence-corrected chi connectivity index (χ0v) is 14.6. The molecule has 0 radical (unpaired) electrons. The van der Waals surface area contributed by atoms with Gasteiger partial charge in [0.25, 0.3) is 5.56 Å². The number of Topliss-reactive ketones (excluding diaryl/α,β-unsaturated/α-hetero) is 1. The van der Waals surface area contributed by atoms with Crippen molar-refractivity contribution in [2.75, 3.05) is 5.32 Å². The molecule has 1 aromatic heterocycles. The molecule has 3 rings (SSSR count). The Balaban J connectivity index is 1.87. The predicted octanol–water partition coefficient (Wildman–Crippen LogP) is 2.37. The third-order valence-corrected chi connectivity index (χ3v) is 4.42. The highest BCUT2D eigenvalue weighted by Gasteiger charge is 2.33. The molecule has 1 aliphatic rings. The van der Waals surface area contributed by atoms with Crippen LogP contribution in [0.15, 0.2) is 41.2 Å². The van der Waals surface area contributed by atoms with E-state index < -0.39 is 23.7 Å². The van der Waals surface area contributed by atoms with Crippen molar-refractivity contribution in [3.05, 3.63) is 63.6 Å². The molecule has 0 bridgehead atoms. The zero-order valence-electron chi connectivity index (χ0n) is 14.6. The van der Waals surface area contributed by atoms with Gasteiger partial charge in [-0.15, -0.1) is 0 Å². The van der Waals surface area contributed by atoms with Crippen LogP contribution in [0.25, 0.3) is 0 Å². The second kappa shape index (κ2) is 7.45. The standard InChI is InChI=1S/C19H18N2O6/c1-11(22)13-9-14(17(23)21-15(13)7-8-16(21)18(24)25)20-19(26)27-10-12-5-3-2-4-6-12/h2-6,9,16H,7-8,10H2,1H3,(H,20,26)(H,24,25)/t16-/m0/s1. The Labute approximate surface area is 154 Å². The summed E-state index contributed by atoms with van der Waals surface area (Å²) in [5.74, 6) is -1.47. The van der Waals surface area contributed by atoms with E-state index in [4.69, 9.17) is 4.74 Å². The van der Waals surface area contributed by atoms with Gasteiger partial charge in [0.1, 0.15) is 18.3 Å². The Hall–Kier alpha value is -3.42. The molecule has 1 atom stereocenters. The third-order valence-electron chi connectivity index (χ3n) is 4.42. The number of amides is 1. The summed E-state index contributed by atoms with van der Waals surface area (Å²) < 4.78 is 6.16. The highest BCUT2D eigenvalue weighted by Crippen LogP contribution is 2.28. The number of rotatable bonds is 5. The van der Waals surface area contributed by atoms with Crippen molar-refractivity contribution in [1.29, 1.82) is 0 Å². The van der Waals surface area contributed by atoms with Crippen molar-refractivity contribution in [2.24, 2.45) is 0 Å². The smallest absolute Gasteiger partial charge is 0.412 e. The van der Waals surface area contributed by atoms with E-state index in [2.05, 4.69) is 5.32 Å². The van der Waals surface area contributed by atoms with Crippen molar-refractivity contribution in [3.63, 3.8) is 0 Å². The van der Waals surface area contributed by atoms with Gasteiger partial charge < -0.3 is 9.84 Å². The van der Waals surface area contributed by atoms with Gasteiger partial charge >= 0.3 is 12.1 Å². The van der Waals surface area contributed by atoms with Crippen LogP contribution in [0.1, 0.15) is 41.0 Å². The second-order valence-electron chi connectivity index (χ2n) is 6.23. The molecule has 1 amide bonds. The lowest BCUT2D eigenvalue weighted by Crippen LogP contribution is -2.32. The molecule has 140 valence electrons. The molecule has 0 fully saturated rings. The molecule has 8 heteroatoms. The molecule has 1 aliphatic heterocycles. The van der Waals surface area contributed by atoms with Crippen molar-refractivity contribution in [3.8, 4) is 0 Å². The van der Waals surface area contributed by atoms with Gasteiger partial charge in [0.2, 0.25) is 0 Å². The van der Waals surface area contributed by atoms with E-state index in [9.17, 15) is 24.3 Å². The molecule has 1 aromatic carbocycles. The van der Waals surface area contributed by atoms with Gasteiger partial charge in [-0.2, -0.15) is 0 Å². The normalized spacial score (nSPS) is 15.1. The molecule has 8 nitrogen and oxygen atoms in total. The maximum atomic E-state index is 12.7. The van der Waals surface area contributed by atoms with Crippen LogP contribution >= 0.6 is 0 Å². The molecular formula is C19H18N2O6. The molecule has 0 saturated heterocycles. The number of carbonyl (C=O) groups excluding carboxylic acids is 2. The number of carboxylic acid groups (broad SMARTS) is 1. The van der Waals surface area contributed by atoms with Crippen LogP contribution in [0, 0.1) is 0 Å². The van der Waals surface area contributed by atoms with Crippen molar-refractivity contribution in [1.82, 2.24) is 4.57 Å². The summed E-state index contributed by atoms with van der Waals surface area (Å²) >= 11 is 0. The average Bonchev–Trinajstić information content (AvgIpc) is 3.08. The minimum atomic E-state index is -1.16. The summed E-state index contributed by atoms with van der Waals surface area (Å²) in [5.41, 5.74) is 0.514. The summed E-state index contributed by atoms with van der Waals surface area (Å²) in [6, 6.07) is 9.21. The first-order chi connectivity index (χ1) is 12.9. The van der Waals surface area contributed by atoms with E-state index in [0.717, 1.165) is 10.1 Å². The number of nitrogens with zero attached hydrogens (tertiary/aromatic N) is 1. The molecule has 0 saturated carbocycles. The van der Waals surface area contributed by atoms with Crippen LogP contribution in [0.4, 0.5) is 10.5 Å². The Kier molecular flexibility index (Phi) is 5.07. The van der Waals surface area contributed by atoms with Crippen LogP contribution in [0.5, 0.6) is 0 Å². The molecule has 2 N–H and O–H groups in total. The number of ether oxygens (including phenoxy) is 1. The van der Waals surface area contributed by atoms with Gasteiger partial charge in [0, 0.05) is 11.3 Å². The largest absolute Gasteiger partial charge is 0.480 e. The molecule has 0 aliphatic carbocycles. The fraction of sp³-hybridized carbons (Fsp3) is 0.263. The third kappa shape index (κ3) is 3.74. The lowest BCUT2D eigenvalue weighted by molar-refractivity contribution is -0.140. The van der Waals surface area contributed by atoms with Crippen LogP contribution in [-0.4, -0.2) is 27.5 Å². The van der Waals surface area contributed by atoms with Crippen molar-refractivity contribution < 1.29 is 24.2 Å². The van der Waals surface area contributed by atoms with E-state index in [1.165, 1.54) is 13.0 Å². The Morgan fingerprint density at radius 1 is 1.26 bits per heavy atom. The Morgan fingerprint density at radius 2 is 1.96 bits per heavy atom. The average molecular weight is 370 g/mol. The number of aromatic nitrogens is 1. The first kappa shape index (κ1) is 18.4. The number of nitrogens with one attached hydrogen (secondary N) is 1. The molecule has 0 unspecified atom stereocenters. The quantitative estimate of drug-likeness (QED) is 0.781. The van der Waals surface area contributed by atoms with Gasteiger partial charge in [-0.25, -0.2) is 9.59 Å². The van der Waals surface area contributed by atoms with Crippen molar-refractivity contribution >= 4 is 23.5 Å². The van der Waals surface area contributed by atoms with E-state index in [-0.39, 0.29) is 30.1 Å². The molecule has 2 heterocycles. The highest BCUT2D eigenvalue weighted by atomic mass is 16.5. The zero-order chi connectivity index (χ0) is 19.6. The van der Waals surface area contributed by atoms with Crippen molar-refractivity contribution in [2.45, 2.75) is 32.4 Å². The van der Waals surface area contributed by atoms with Crippen LogP contribution in [-0.2, 0) is 22.6 Å². The summed E-state index contributed by atoms with van der Waals surface area (Å²) in [6.45, 7) is 1.34. The first-order valence-corrected chi connectivity index (χ1v) is 8.38. The molecule has 2 aromatic rings. The number of carboxylic acids is 1. The van der Waals surface area contributed by atoms with Crippen LogP contribution < -0.4 is 10.9 Å².